The fourth-order valence-corrected chi connectivity index (χ4v) is 3.81. The second kappa shape index (κ2) is 4.52. The van der Waals surface area contributed by atoms with E-state index < -0.39 is 0 Å². The average Bonchev–Trinajstić information content (AvgIpc) is 2.79. The quantitative estimate of drug-likeness (QED) is 0.834. The maximum absolute atomic E-state index is 12.6. The molecule has 1 amide bonds. The van der Waals surface area contributed by atoms with E-state index in [2.05, 4.69) is 31.0 Å². The zero-order chi connectivity index (χ0) is 12.9. The number of nitrogens with one attached hydrogen (secondary N) is 1. The fraction of sp³-hybridized carbons (Fsp3) is 0.933. The van der Waals surface area contributed by atoms with E-state index in [1.165, 1.54) is 32.1 Å². The first kappa shape index (κ1) is 12.5. The van der Waals surface area contributed by atoms with Crippen LogP contribution in [0, 0.1) is 17.8 Å². The summed E-state index contributed by atoms with van der Waals surface area (Å²) >= 11 is 0. The molecule has 102 valence electrons. The van der Waals surface area contributed by atoms with Gasteiger partial charge in [-0.25, -0.2) is 0 Å². The lowest BCUT2D eigenvalue weighted by atomic mass is 10.0. The van der Waals surface area contributed by atoms with Gasteiger partial charge < -0.3 is 4.90 Å². The topological polar surface area (TPSA) is 32.3 Å². The van der Waals surface area contributed by atoms with E-state index in [0.717, 1.165) is 0 Å². The number of rotatable bonds is 3. The molecule has 0 aromatic rings. The first-order chi connectivity index (χ1) is 8.59. The molecule has 0 aromatic carbocycles. The van der Waals surface area contributed by atoms with Gasteiger partial charge in [0.1, 0.15) is 0 Å². The second-order valence-electron chi connectivity index (χ2n) is 6.90. The summed E-state index contributed by atoms with van der Waals surface area (Å²) in [4.78, 5) is 14.8. The Morgan fingerprint density at radius 3 is 2.39 bits per heavy atom. The molecule has 1 aliphatic heterocycles. The van der Waals surface area contributed by atoms with Crippen molar-refractivity contribution in [2.45, 2.75) is 71.1 Å². The molecule has 0 aromatic heterocycles. The lowest BCUT2D eigenvalue weighted by molar-refractivity contribution is -0.132. The standard InChI is InChI=1S/C15H26N2O/c1-9(2)13-15(18)17(12-8-10(12)3)14(16-13)11-6-4-5-7-11/h9-14,16H,4-8H2,1-3H3. The number of amides is 1. The smallest absolute Gasteiger partial charge is 0.241 e. The third-order valence-corrected chi connectivity index (χ3v) is 5.11. The van der Waals surface area contributed by atoms with E-state index in [4.69, 9.17) is 0 Å². The Bertz CT molecular complexity index is 335. The van der Waals surface area contributed by atoms with Crippen LogP contribution in [0.4, 0.5) is 0 Å². The van der Waals surface area contributed by atoms with E-state index in [-0.39, 0.29) is 6.04 Å². The van der Waals surface area contributed by atoms with Gasteiger partial charge in [-0.1, -0.05) is 33.6 Å². The van der Waals surface area contributed by atoms with Gasteiger partial charge >= 0.3 is 0 Å². The van der Waals surface area contributed by atoms with Crippen molar-refractivity contribution in [1.29, 1.82) is 0 Å². The minimum absolute atomic E-state index is 0.0587. The predicted octanol–water partition coefficient (Wildman–Crippen LogP) is 2.37. The molecule has 0 radical (unpaired) electrons. The second-order valence-corrected chi connectivity index (χ2v) is 6.90. The minimum Gasteiger partial charge on any atom is -0.322 e. The molecule has 3 heteroatoms. The Morgan fingerprint density at radius 1 is 1.28 bits per heavy atom. The molecule has 0 bridgehead atoms. The van der Waals surface area contributed by atoms with Crippen LogP contribution in [0.25, 0.3) is 0 Å². The predicted molar refractivity (Wildman–Crippen MR) is 71.9 cm³/mol. The van der Waals surface area contributed by atoms with Gasteiger partial charge in [-0.3, -0.25) is 10.1 Å². The molecule has 3 fully saturated rings. The van der Waals surface area contributed by atoms with E-state index in [9.17, 15) is 4.79 Å². The van der Waals surface area contributed by atoms with Crippen LogP contribution in [-0.4, -0.2) is 29.1 Å². The van der Waals surface area contributed by atoms with Gasteiger partial charge in [-0.2, -0.15) is 0 Å². The van der Waals surface area contributed by atoms with Gasteiger partial charge in [-0.05, 0) is 37.0 Å². The Hall–Kier alpha value is -0.570. The highest BCUT2D eigenvalue weighted by Gasteiger charge is 2.52. The molecule has 4 atom stereocenters. The summed E-state index contributed by atoms with van der Waals surface area (Å²) < 4.78 is 0. The van der Waals surface area contributed by atoms with Crippen LogP contribution < -0.4 is 5.32 Å². The molecule has 3 aliphatic rings. The molecule has 0 spiro atoms. The Labute approximate surface area is 110 Å². The van der Waals surface area contributed by atoms with Crippen molar-refractivity contribution in [3.8, 4) is 0 Å². The van der Waals surface area contributed by atoms with Crippen molar-refractivity contribution >= 4 is 5.91 Å². The van der Waals surface area contributed by atoms with Gasteiger partial charge in [0.05, 0.1) is 12.2 Å². The summed E-state index contributed by atoms with van der Waals surface area (Å²) in [6.45, 7) is 6.58. The van der Waals surface area contributed by atoms with E-state index in [1.54, 1.807) is 0 Å². The lowest BCUT2D eigenvalue weighted by Crippen LogP contribution is -2.44. The van der Waals surface area contributed by atoms with Crippen LogP contribution in [0.1, 0.15) is 52.9 Å². The zero-order valence-electron chi connectivity index (χ0n) is 11.9. The molecule has 2 aliphatic carbocycles. The number of hydrogen-bond donors (Lipinski definition) is 1. The Balaban J connectivity index is 1.79. The monoisotopic (exact) mass is 250 g/mol. The average molecular weight is 250 g/mol. The van der Waals surface area contributed by atoms with Gasteiger partial charge in [0.25, 0.3) is 0 Å². The van der Waals surface area contributed by atoms with Gasteiger partial charge in [0.2, 0.25) is 5.91 Å². The summed E-state index contributed by atoms with van der Waals surface area (Å²) in [7, 11) is 0. The number of carbonyl (C=O) groups is 1. The van der Waals surface area contributed by atoms with Crippen LogP contribution in [-0.2, 0) is 4.79 Å². The van der Waals surface area contributed by atoms with Crippen LogP contribution in [0.2, 0.25) is 0 Å². The van der Waals surface area contributed by atoms with Crippen molar-refractivity contribution in [2.75, 3.05) is 0 Å². The van der Waals surface area contributed by atoms with Crippen molar-refractivity contribution < 1.29 is 4.79 Å². The molecule has 18 heavy (non-hydrogen) atoms. The largest absolute Gasteiger partial charge is 0.322 e. The highest BCUT2D eigenvalue weighted by atomic mass is 16.2. The van der Waals surface area contributed by atoms with E-state index >= 15 is 0 Å². The number of nitrogens with zero attached hydrogens (tertiary/aromatic N) is 1. The van der Waals surface area contributed by atoms with Gasteiger partial charge in [0, 0.05) is 6.04 Å². The molecule has 2 saturated carbocycles. The Morgan fingerprint density at radius 2 is 1.89 bits per heavy atom. The molecular weight excluding hydrogens is 224 g/mol. The van der Waals surface area contributed by atoms with Gasteiger partial charge in [-0.15, -0.1) is 0 Å². The molecule has 1 heterocycles. The third kappa shape index (κ3) is 1.97. The Kier molecular flexibility index (Phi) is 3.13. The SMILES string of the molecule is CC(C)C1NC(C2CCCC2)N(C2CC2C)C1=O. The molecule has 4 unspecified atom stereocenters. The number of hydrogen-bond acceptors (Lipinski definition) is 2. The van der Waals surface area contributed by atoms with E-state index in [1.807, 2.05) is 0 Å². The van der Waals surface area contributed by atoms with Gasteiger partial charge in [0.15, 0.2) is 0 Å². The van der Waals surface area contributed by atoms with Crippen LogP contribution in [0.5, 0.6) is 0 Å². The summed E-state index contributed by atoms with van der Waals surface area (Å²) in [5.74, 6) is 2.19. The van der Waals surface area contributed by atoms with Crippen molar-refractivity contribution in [3.05, 3.63) is 0 Å². The van der Waals surface area contributed by atoms with Crippen LogP contribution >= 0.6 is 0 Å². The molecular formula is C15H26N2O. The summed E-state index contributed by atoms with van der Waals surface area (Å²) in [6.07, 6.45) is 6.83. The van der Waals surface area contributed by atoms with Crippen molar-refractivity contribution in [2.24, 2.45) is 17.8 Å². The normalized spacial score (nSPS) is 41.1. The summed E-state index contributed by atoms with van der Waals surface area (Å²) in [6, 6.07) is 0.586. The first-order valence-corrected chi connectivity index (χ1v) is 7.68. The van der Waals surface area contributed by atoms with Crippen molar-refractivity contribution in [3.63, 3.8) is 0 Å². The first-order valence-electron chi connectivity index (χ1n) is 7.68. The maximum atomic E-state index is 12.6. The number of carbonyl (C=O) groups excluding carboxylic acids is 1. The summed E-state index contributed by atoms with van der Waals surface area (Å²) in [5.41, 5.74) is 0. The fourth-order valence-electron chi connectivity index (χ4n) is 3.81. The highest BCUT2D eigenvalue weighted by Crippen LogP contribution is 2.42. The van der Waals surface area contributed by atoms with Crippen LogP contribution in [0.3, 0.4) is 0 Å². The molecule has 3 rings (SSSR count). The molecule has 1 N–H and O–H groups in total. The van der Waals surface area contributed by atoms with Crippen molar-refractivity contribution in [1.82, 2.24) is 10.2 Å². The van der Waals surface area contributed by atoms with Crippen LogP contribution in [0.15, 0.2) is 0 Å². The maximum Gasteiger partial charge on any atom is 0.241 e. The zero-order valence-corrected chi connectivity index (χ0v) is 11.9. The molecule has 3 nitrogen and oxygen atoms in total. The van der Waals surface area contributed by atoms with E-state index in [0.29, 0.717) is 35.9 Å². The lowest BCUT2D eigenvalue weighted by Gasteiger charge is -2.29. The third-order valence-electron chi connectivity index (χ3n) is 5.11. The summed E-state index contributed by atoms with van der Waals surface area (Å²) in [5, 5.41) is 3.65. The minimum atomic E-state index is 0.0587. The molecule has 1 saturated heterocycles. The highest BCUT2D eigenvalue weighted by molar-refractivity contribution is 5.85.